The van der Waals surface area contributed by atoms with Gasteiger partial charge in [0, 0.05) is 11.6 Å². The molecule has 0 N–H and O–H groups in total. The number of fused-ring (bicyclic) bond motifs is 1. The van der Waals surface area contributed by atoms with Crippen molar-refractivity contribution in [3.8, 4) is 0 Å². The fraction of sp³-hybridized carbons (Fsp3) is 0.455. The maximum absolute atomic E-state index is 4.61. The number of thiazole rings is 1. The topological polar surface area (TPSA) is 25.8 Å². The largest absolute Gasteiger partial charge is 0.256 e. The third-order valence-electron chi connectivity index (χ3n) is 2.19. The minimum atomic E-state index is 0.507. The Balaban J connectivity index is 2.70. The first-order valence-electron chi connectivity index (χ1n) is 4.82. The summed E-state index contributed by atoms with van der Waals surface area (Å²) in [6.07, 6.45) is 0. The van der Waals surface area contributed by atoms with Crippen LogP contribution in [0.25, 0.3) is 10.2 Å². The van der Waals surface area contributed by atoms with Crippen LogP contribution in [0.5, 0.6) is 0 Å². The first-order chi connectivity index (χ1) is 6.58. The molecule has 0 radical (unpaired) electrons. The van der Waals surface area contributed by atoms with E-state index in [4.69, 9.17) is 0 Å². The van der Waals surface area contributed by atoms with Crippen molar-refractivity contribution in [3.63, 3.8) is 0 Å². The third kappa shape index (κ3) is 1.52. The fourth-order valence-electron chi connectivity index (χ4n) is 1.49. The van der Waals surface area contributed by atoms with Gasteiger partial charge in [0.25, 0.3) is 0 Å². The number of hydrogen-bond acceptors (Lipinski definition) is 3. The van der Waals surface area contributed by atoms with Crippen LogP contribution in [-0.2, 0) is 0 Å². The molecule has 2 nitrogen and oxygen atoms in total. The van der Waals surface area contributed by atoms with Gasteiger partial charge in [-0.15, -0.1) is 11.3 Å². The second kappa shape index (κ2) is 3.31. The average molecular weight is 206 g/mol. The predicted molar refractivity (Wildman–Crippen MR) is 61.0 cm³/mol. The maximum atomic E-state index is 4.61. The molecule has 0 aromatic carbocycles. The molecule has 3 heteroatoms. The Bertz CT molecular complexity index is 471. The third-order valence-corrected chi connectivity index (χ3v) is 3.49. The molecule has 2 aromatic rings. The first-order valence-corrected chi connectivity index (χ1v) is 5.64. The lowest BCUT2D eigenvalue weighted by molar-refractivity contribution is 0.856. The van der Waals surface area contributed by atoms with Crippen molar-refractivity contribution in [3.05, 3.63) is 22.5 Å². The Morgan fingerprint density at radius 1 is 1.21 bits per heavy atom. The van der Waals surface area contributed by atoms with E-state index in [1.54, 1.807) is 11.3 Å². The number of aryl methyl sites for hydroxylation is 2. The summed E-state index contributed by atoms with van der Waals surface area (Å²) in [5, 5.41) is 1.20. The van der Waals surface area contributed by atoms with Crippen LogP contribution in [0.2, 0.25) is 0 Å². The van der Waals surface area contributed by atoms with E-state index in [-0.39, 0.29) is 0 Å². The number of rotatable bonds is 1. The van der Waals surface area contributed by atoms with Crippen LogP contribution in [0.15, 0.2) is 6.07 Å². The molecule has 0 saturated carbocycles. The molecule has 74 valence electrons. The second-order valence-corrected chi connectivity index (χ2v) is 4.96. The highest BCUT2D eigenvalue weighted by atomic mass is 32.1. The van der Waals surface area contributed by atoms with Crippen LogP contribution in [-0.4, -0.2) is 9.97 Å². The van der Waals surface area contributed by atoms with Crippen LogP contribution < -0.4 is 0 Å². The summed E-state index contributed by atoms with van der Waals surface area (Å²) < 4.78 is 1.26. The lowest BCUT2D eigenvalue weighted by atomic mass is 10.2. The van der Waals surface area contributed by atoms with E-state index >= 15 is 0 Å². The van der Waals surface area contributed by atoms with E-state index in [1.165, 1.54) is 9.71 Å². The minimum absolute atomic E-state index is 0.507. The summed E-state index contributed by atoms with van der Waals surface area (Å²) >= 11 is 1.78. The van der Waals surface area contributed by atoms with E-state index in [0.717, 1.165) is 16.9 Å². The molecule has 2 rings (SSSR count). The van der Waals surface area contributed by atoms with Gasteiger partial charge in [-0.1, -0.05) is 13.8 Å². The van der Waals surface area contributed by atoms with Crippen molar-refractivity contribution < 1.29 is 0 Å². The lowest BCUT2D eigenvalue weighted by Crippen LogP contribution is -1.87. The van der Waals surface area contributed by atoms with Gasteiger partial charge in [0.1, 0.15) is 5.52 Å². The zero-order valence-corrected chi connectivity index (χ0v) is 9.77. The molecule has 0 unspecified atom stereocenters. The SMILES string of the molecule is Cc1cc2sc(C(C)C)nc2c(C)n1. The molecule has 0 fully saturated rings. The number of aromatic nitrogens is 2. The van der Waals surface area contributed by atoms with Gasteiger partial charge < -0.3 is 0 Å². The monoisotopic (exact) mass is 206 g/mol. The van der Waals surface area contributed by atoms with Gasteiger partial charge in [-0.25, -0.2) is 4.98 Å². The summed E-state index contributed by atoms with van der Waals surface area (Å²) in [4.78, 5) is 9.03. The molecule has 14 heavy (non-hydrogen) atoms. The van der Waals surface area contributed by atoms with Crippen molar-refractivity contribution >= 4 is 21.6 Å². The molecule has 0 atom stereocenters. The van der Waals surface area contributed by atoms with Gasteiger partial charge in [0.2, 0.25) is 0 Å². The normalized spacial score (nSPS) is 11.5. The molecule has 0 amide bonds. The minimum Gasteiger partial charge on any atom is -0.256 e. The summed E-state index contributed by atoms with van der Waals surface area (Å²) in [6, 6.07) is 2.12. The van der Waals surface area contributed by atoms with E-state index < -0.39 is 0 Å². The van der Waals surface area contributed by atoms with E-state index in [0.29, 0.717) is 5.92 Å². The van der Waals surface area contributed by atoms with E-state index in [2.05, 4.69) is 29.9 Å². The number of pyridine rings is 1. The van der Waals surface area contributed by atoms with Crippen LogP contribution in [0, 0.1) is 13.8 Å². The molecule has 0 aliphatic rings. The van der Waals surface area contributed by atoms with Crippen LogP contribution >= 0.6 is 11.3 Å². The Morgan fingerprint density at radius 3 is 2.57 bits per heavy atom. The summed E-state index contributed by atoms with van der Waals surface area (Å²) in [5.41, 5.74) is 3.20. The zero-order valence-electron chi connectivity index (χ0n) is 8.96. The van der Waals surface area contributed by atoms with Gasteiger partial charge in [-0.3, -0.25) is 4.98 Å². The highest BCUT2D eigenvalue weighted by molar-refractivity contribution is 7.18. The lowest BCUT2D eigenvalue weighted by Gasteiger charge is -1.95. The summed E-state index contributed by atoms with van der Waals surface area (Å²) in [5.74, 6) is 0.507. The van der Waals surface area contributed by atoms with Crippen LogP contribution in [0.4, 0.5) is 0 Å². The standard InChI is InChI=1S/C11H14N2S/c1-6(2)11-13-10-8(4)12-7(3)5-9(10)14-11/h5-6H,1-4H3. The van der Waals surface area contributed by atoms with Gasteiger partial charge in [-0.05, 0) is 19.9 Å². The fourth-order valence-corrected chi connectivity index (χ4v) is 2.61. The summed E-state index contributed by atoms with van der Waals surface area (Å²) in [6.45, 7) is 8.40. The van der Waals surface area contributed by atoms with Gasteiger partial charge in [0.05, 0.1) is 15.4 Å². The molecular weight excluding hydrogens is 192 g/mol. The average Bonchev–Trinajstić information content (AvgIpc) is 2.47. The van der Waals surface area contributed by atoms with Crippen molar-refractivity contribution in [2.45, 2.75) is 33.6 Å². The molecule has 0 aliphatic heterocycles. The molecule has 2 heterocycles. The maximum Gasteiger partial charge on any atom is 0.103 e. The van der Waals surface area contributed by atoms with Gasteiger partial charge >= 0.3 is 0 Å². The number of nitrogens with zero attached hydrogens (tertiary/aromatic N) is 2. The Labute approximate surface area is 88.0 Å². The molecule has 0 saturated heterocycles. The Hall–Kier alpha value is -0.960. The van der Waals surface area contributed by atoms with Gasteiger partial charge in [-0.2, -0.15) is 0 Å². The predicted octanol–water partition coefficient (Wildman–Crippen LogP) is 3.43. The van der Waals surface area contributed by atoms with Crippen LogP contribution in [0.1, 0.15) is 36.2 Å². The molecular formula is C11H14N2S. The first kappa shape index (κ1) is 9.59. The van der Waals surface area contributed by atoms with E-state index in [1.807, 2.05) is 13.8 Å². The zero-order chi connectivity index (χ0) is 10.3. The molecule has 0 bridgehead atoms. The van der Waals surface area contributed by atoms with Crippen LogP contribution in [0.3, 0.4) is 0 Å². The highest BCUT2D eigenvalue weighted by Crippen LogP contribution is 2.28. The van der Waals surface area contributed by atoms with E-state index in [9.17, 15) is 0 Å². The smallest absolute Gasteiger partial charge is 0.103 e. The van der Waals surface area contributed by atoms with Crippen molar-refractivity contribution in [1.82, 2.24) is 9.97 Å². The molecule has 2 aromatic heterocycles. The Morgan fingerprint density at radius 2 is 1.93 bits per heavy atom. The molecule has 0 spiro atoms. The van der Waals surface area contributed by atoms with Crippen molar-refractivity contribution in [2.24, 2.45) is 0 Å². The molecule has 0 aliphatic carbocycles. The number of hydrogen-bond donors (Lipinski definition) is 0. The summed E-state index contributed by atoms with van der Waals surface area (Å²) in [7, 11) is 0. The Kier molecular flexibility index (Phi) is 2.27. The second-order valence-electron chi connectivity index (χ2n) is 3.90. The van der Waals surface area contributed by atoms with Crippen molar-refractivity contribution in [2.75, 3.05) is 0 Å². The quantitative estimate of drug-likeness (QED) is 0.714. The van der Waals surface area contributed by atoms with Crippen molar-refractivity contribution in [1.29, 1.82) is 0 Å². The van der Waals surface area contributed by atoms with Gasteiger partial charge in [0.15, 0.2) is 0 Å². The highest BCUT2D eigenvalue weighted by Gasteiger charge is 2.09.